The molecule has 0 radical (unpaired) electrons. The van der Waals surface area contributed by atoms with Gasteiger partial charge < -0.3 is 9.47 Å². The van der Waals surface area contributed by atoms with Gasteiger partial charge in [-0.25, -0.2) is 13.6 Å². The van der Waals surface area contributed by atoms with Gasteiger partial charge in [0.05, 0.1) is 10.2 Å². The second-order valence-corrected chi connectivity index (χ2v) is 6.74. The maximum Gasteiger partial charge on any atom is 0.420 e. The van der Waals surface area contributed by atoms with E-state index in [1.165, 1.54) is 19.1 Å². The van der Waals surface area contributed by atoms with E-state index in [4.69, 9.17) is 4.74 Å². The highest BCUT2D eigenvalue weighted by molar-refractivity contribution is 14.1. The zero-order chi connectivity index (χ0) is 19.6. The van der Waals surface area contributed by atoms with Crippen LogP contribution >= 0.6 is 22.6 Å². The van der Waals surface area contributed by atoms with Crippen molar-refractivity contribution < 1.29 is 36.2 Å². The normalized spacial score (nSPS) is 13.5. The van der Waals surface area contributed by atoms with Crippen LogP contribution in [0.1, 0.15) is 25.0 Å². The largest absolute Gasteiger partial charge is 0.422 e. The van der Waals surface area contributed by atoms with Gasteiger partial charge in [-0.2, -0.15) is 13.2 Å². The van der Waals surface area contributed by atoms with Crippen molar-refractivity contribution in [2.24, 2.45) is 0 Å². The minimum absolute atomic E-state index is 0.153. The Labute approximate surface area is 155 Å². The van der Waals surface area contributed by atoms with Crippen molar-refractivity contribution in [2.75, 3.05) is 0 Å². The Morgan fingerprint density at radius 2 is 1.84 bits per heavy atom. The molecule has 9 heteroatoms. The van der Waals surface area contributed by atoms with Crippen LogP contribution in [-0.4, -0.2) is 24.2 Å². The van der Waals surface area contributed by atoms with E-state index in [0.29, 0.717) is 9.13 Å². The number of carbonyl (C=O) groups excluding carboxylic acids is 1. The highest BCUT2D eigenvalue weighted by Crippen LogP contribution is 2.35. The minimum atomic E-state index is -5.20. The summed E-state index contributed by atoms with van der Waals surface area (Å²) < 4.78 is 74.3. The van der Waals surface area contributed by atoms with Gasteiger partial charge in [0.15, 0.2) is 0 Å². The van der Waals surface area contributed by atoms with E-state index >= 15 is 0 Å². The molecule has 0 heterocycles. The fraction of sp³-hybridized carbons (Fsp3) is 0.438. The zero-order valence-corrected chi connectivity index (χ0v) is 15.8. The summed E-state index contributed by atoms with van der Waals surface area (Å²) in [5.41, 5.74) is 0.878. The van der Waals surface area contributed by atoms with E-state index in [1.54, 1.807) is 6.92 Å². The Morgan fingerprint density at radius 3 is 2.24 bits per heavy atom. The van der Waals surface area contributed by atoms with Gasteiger partial charge in [0.2, 0.25) is 6.10 Å². The fourth-order valence-corrected chi connectivity index (χ4v) is 2.84. The minimum Gasteiger partial charge on any atom is -0.422 e. The van der Waals surface area contributed by atoms with E-state index < -0.39 is 30.8 Å². The standard InChI is InChI=1S/C16H16F5IO3/c1-8(2)13(23)25-12-9(3)5-10(6-11(12)22)7-24-14(15(4,17)18)16(19,20)21/h5-6,14H,1,7H2,2-4H3. The molecule has 0 aliphatic carbocycles. The second kappa shape index (κ2) is 7.98. The van der Waals surface area contributed by atoms with Crippen LogP contribution < -0.4 is 4.74 Å². The third kappa shape index (κ3) is 6.21. The number of hydrogen-bond acceptors (Lipinski definition) is 3. The number of rotatable bonds is 6. The number of hydrogen-bond donors (Lipinski definition) is 0. The molecule has 0 fully saturated rings. The molecule has 0 saturated carbocycles. The smallest absolute Gasteiger partial charge is 0.420 e. The third-order valence-electron chi connectivity index (χ3n) is 3.01. The molecule has 25 heavy (non-hydrogen) atoms. The van der Waals surface area contributed by atoms with Crippen LogP contribution in [0.25, 0.3) is 0 Å². The lowest BCUT2D eigenvalue weighted by molar-refractivity contribution is -0.283. The predicted octanol–water partition coefficient (Wildman–Crippen LogP) is 5.18. The Bertz CT molecular complexity index is 628. The SMILES string of the molecule is C=C(C)C(=O)Oc1c(C)cc(COC(C(C)(F)F)C(F)(F)F)cc1I. The van der Waals surface area contributed by atoms with Crippen LogP contribution in [0.3, 0.4) is 0 Å². The highest BCUT2D eigenvalue weighted by atomic mass is 127. The first kappa shape index (κ1) is 21.8. The van der Waals surface area contributed by atoms with E-state index in [1.807, 2.05) is 22.6 Å². The Hall–Kier alpha value is -1.23. The molecular formula is C16H16F5IO3. The molecule has 1 atom stereocenters. The van der Waals surface area contributed by atoms with Crippen LogP contribution in [0.15, 0.2) is 24.3 Å². The Morgan fingerprint density at radius 1 is 1.28 bits per heavy atom. The molecule has 1 aromatic carbocycles. The lowest BCUT2D eigenvalue weighted by Gasteiger charge is -2.26. The van der Waals surface area contributed by atoms with Crippen molar-refractivity contribution in [1.29, 1.82) is 0 Å². The molecule has 0 bridgehead atoms. The molecule has 140 valence electrons. The molecule has 0 spiro atoms. The van der Waals surface area contributed by atoms with Crippen molar-refractivity contribution in [3.8, 4) is 5.75 Å². The lowest BCUT2D eigenvalue weighted by atomic mass is 10.1. The molecule has 0 N–H and O–H groups in total. The van der Waals surface area contributed by atoms with Gasteiger partial charge in [-0.3, -0.25) is 0 Å². The topological polar surface area (TPSA) is 35.5 Å². The molecule has 0 aromatic heterocycles. The van der Waals surface area contributed by atoms with Gasteiger partial charge in [-0.1, -0.05) is 6.58 Å². The van der Waals surface area contributed by atoms with Crippen molar-refractivity contribution in [3.05, 3.63) is 39.0 Å². The van der Waals surface area contributed by atoms with E-state index in [2.05, 4.69) is 11.3 Å². The Balaban J connectivity index is 2.98. The van der Waals surface area contributed by atoms with Gasteiger partial charge in [-0.05, 0) is 59.7 Å². The number of carbonyl (C=O) groups is 1. The molecule has 1 aromatic rings. The summed E-state index contributed by atoms with van der Waals surface area (Å²) in [6, 6.07) is 2.81. The summed E-state index contributed by atoms with van der Waals surface area (Å²) in [4.78, 5) is 11.6. The van der Waals surface area contributed by atoms with Crippen LogP contribution in [0, 0.1) is 10.5 Å². The van der Waals surface area contributed by atoms with Crippen LogP contribution in [-0.2, 0) is 16.1 Å². The first-order valence-corrected chi connectivity index (χ1v) is 8.04. The maximum absolute atomic E-state index is 13.1. The summed E-state index contributed by atoms with van der Waals surface area (Å²) in [5, 5.41) is 0. The van der Waals surface area contributed by atoms with Gasteiger partial charge in [0, 0.05) is 12.5 Å². The molecule has 0 saturated heterocycles. The van der Waals surface area contributed by atoms with Crippen molar-refractivity contribution in [3.63, 3.8) is 0 Å². The summed E-state index contributed by atoms with van der Waals surface area (Å²) in [6.45, 7) is 5.97. The fourth-order valence-electron chi connectivity index (χ4n) is 1.90. The molecule has 3 nitrogen and oxygen atoms in total. The van der Waals surface area contributed by atoms with Crippen LogP contribution in [0.4, 0.5) is 22.0 Å². The van der Waals surface area contributed by atoms with Crippen molar-refractivity contribution in [1.82, 2.24) is 0 Å². The number of ether oxygens (including phenoxy) is 2. The summed E-state index contributed by atoms with van der Waals surface area (Å²) >= 11 is 1.82. The number of benzene rings is 1. The average molecular weight is 478 g/mol. The summed E-state index contributed by atoms with van der Waals surface area (Å²) in [7, 11) is 0. The lowest BCUT2D eigenvalue weighted by Crippen LogP contribution is -2.45. The van der Waals surface area contributed by atoms with Crippen LogP contribution in [0.5, 0.6) is 5.75 Å². The van der Waals surface area contributed by atoms with Gasteiger partial charge in [0.1, 0.15) is 5.75 Å². The predicted molar refractivity (Wildman–Crippen MR) is 89.6 cm³/mol. The van der Waals surface area contributed by atoms with E-state index in [-0.39, 0.29) is 23.8 Å². The number of aryl methyl sites for hydroxylation is 1. The van der Waals surface area contributed by atoms with Gasteiger partial charge >= 0.3 is 12.1 Å². The maximum atomic E-state index is 13.1. The Kier molecular flexibility index (Phi) is 6.96. The quantitative estimate of drug-likeness (QED) is 0.186. The van der Waals surface area contributed by atoms with E-state index in [9.17, 15) is 26.7 Å². The number of alkyl halides is 5. The second-order valence-electron chi connectivity index (χ2n) is 5.58. The first-order valence-electron chi connectivity index (χ1n) is 6.96. The molecule has 0 aliphatic rings. The number of halogens is 6. The van der Waals surface area contributed by atoms with Gasteiger partial charge in [-0.15, -0.1) is 0 Å². The van der Waals surface area contributed by atoms with Crippen molar-refractivity contribution >= 4 is 28.6 Å². The molecule has 1 unspecified atom stereocenters. The summed E-state index contributed by atoms with van der Waals surface area (Å²) in [6.07, 6.45) is -8.41. The van der Waals surface area contributed by atoms with E-state index in [0.717, 1.165) is 0 Å². The average Bonchev–Trinajstić information content (AvgIpc) is 2.39. The zero-order valence-electron chi connectivity index (χ0n) is 13.6. The third-order valence-corrected chi connectivity index (χ3v) is 3.81. The molecular weight excluding hydrogens is 462 g/mol. The number of esters is 1. The molecule has 0 amide bonds. The first-order chi connectivity index (χ1) is 11.2. The molecule has 1 rings (SSSR count). The monoisotopic (exact) mass is 478 g/mol. The summed E-state index contributed by atoms with van der Waals surface area (Å²) in [5.74, 6) is -4.49. The van der Waals surface area contributed by atoms with Crippen molar-refractivity contribution in [2.45, 2.75) is 45.6 Å². The van der Waals surface area contributed by atoms with Crippen LogP contribution in [0.2, 0.25) is 0 Å². The highest BCUT2D eigenvalue weighted by Gasteiger charge is 2.54. The molecule has 0 aliphatic heterocycles. The van der Waals surface area contributed by atoms with Gasteiger partial charge in [0.25, 0.3) is 5.92 Å².